The lowest BCUT2D eigenvalue weighted by Crippen LogP contribution is -2.07. The average Bonchev–Trinajstić information content (AvgIpc) is 2.87. The van der Waals surface area contributed by atoms with Gasteiger partial charge in [-0.15, -0.1) is 0 Å². The monoisotopic (exact) mass is 275 g/mol. The highest BCUT2D eigenvalue weighted by Crippen LogP contribution is 2.14. The minimum atomic E-state index is 0.882. The van der Waals surface area contributed by atoms with Crippen LogP contribution >= 0.6 is 0 Å². The molecule has 0 fully saturated rings. The van der Waals surface area contributed by atoms with Crippen LogP contribution in [0.25, 0.3) is 11.0 Å². The fraction of sp³-hybridized carbons (Fsp3) is 0.167. The van der Waals surface area contributed by atoms with E-state index < -0.39 is 0 Å². The molecule has 0 bridgehead atoms. The van der Waals surface area contributed by atoms with E-state index in [9.17, 15) is 0 Å². The van der Waals surface area contributed by atoms with E-state index in [1.54, 1.807) is 0 Å². The Bertz CT molecular complexity index is 830. The molecule has 0 aliphatic rings. The first-order chi connectivity index (χ1) is 10.1. The zero-order chi connectivity index (χ0) is 14.8. The summed E-state index contributed by atoms with van der Waals surface area (Å²) in [5.41, 5.74) is 5.10. The summed E-state index contributed by atoms with van der Waals surface area (Å²) in [5.74, 6) is 6.33. The Morgan fingerprint density at radius 2 is 1.81 bits per heavy atom. The maximum atomic E-state index is 4.36. The molecule has 1 aromatic carbocycles. The van der Waals surface area contributed by atoms with Crippen molar-refractivity contribution in [1.29, 1.82) is 0 Å². The first-order valence-corrected chi connectivity index (χ1v) is 6.86. The number of benzene rings is 1. The van der Waals surface area contributed by atoms with Gasteiger partial charge in [0.15, 0.2) is 0 Å². The number of nitrogens with one attached hydrogen (secondary N) is 1. The molecule has 2 aromatic heterocycles. The molecule has 0 atom stereocenters. The van der Waals surface area contributed by atoms with Crippen LogP contribution in [0.15, 0.2) is 42.6 Å². The number of pyridine rings is 1. The van der Waals surface area contributed by atoms with Gasteiger partial charge in [-0.05, 0) is 54.8 Å². The average molecular weight is 275 g/mol. The summed E-state index contributed by atoms with van der Waals surface area (Å²) in [6, 6.07) is 12.4. The lowest BCUT2D eigenvalue weighted by Gasteiger charge is -2.11. The summed E-state index contributed by atoms with van der Waals surface area (Å²) in [6.45, 7) is 2.04. The number of nitrogens with zero attached hydrogens (tertiary/aromatic N) is 2. The van der Waals surface area contributed by atoms with Gasteiger partial charge in [-0.1, -0.05) is 5.92 Å². The Hall–Kier alpha value is -2.73. The Labute approximate surface area is 124 Å². The van der Waals surface area contributed by atoms with Crippen LogP contribution in [0.4, 0.5) is 5.69 Å². The van der Waals surface area contributed by atoms with E-state index in [0.717, 1.165) is 27.9 Å². The second kappa shape index (κ2) is 5.34. The number of hydrogen-bond acceptors (Lipinski definition) is 2. The van der Waals surface area contributed by atoms with Gasteiger partial charge in [-0.3, -0.25) is 0 Å². The summed E-state index contributed by atoms with van der Waals surface area (Å²) in [4.78, 5) is 9.66. The Kier molecular flexibility index (Phi) is 3.37. The van der Waals surface area contributed by atoms with Crippen molar-refractivity contribution >= 4 is 16.7 Å². The van der Waals surface area contributed by atoms with Crippen molar-refractivity contribution in [3.05, 3.63) is 59.4 Å². The van der Waals surface area contributed by atoms with Crippen LogP contribution in [0.1, 0.15) is 16.8 Å². The third kappa shape index (κ3) is 2.90. The number of aromatic nitrogens is 2. The molecule has 0 aliphatic heterocycles. The predicted octanol–water partition coefficient (Wildman–Crippen LogP) is 3.34. The van der Waals surface area contributed by atoms with Crippen LogP contribution in [-0.4, -0.2) is 24.1 Å². The number of H-pyrrole nitrogens is 1. The second-order valence-electron chi connectivity index (χ2n) is 5.32. The molecule has 0 saturated carbocycles. The minimum Gasteiger partial charge on any atom is -0.378 e. The van der Waals surface area contributed by atoms with Gasteiger partial charge in [-0.25, -0.2) is 4.98 Å². The highest BCUT2D eigenvalue weighted by molar-refractivity contribution is 5.78. The smallest absolute Gasteiger partial charge is 0.138 e. The third-order valence-electron chi connectivity index (χ3n) is 3.33. The first-order valence-electron chi connectivity index (χ1n) is 6.86. The van der Waals surface area contributed by atoms with Gasteiger partial charge < -0.3 is 9.88 Å². The Morgan fingerprint density at radius 1 is 1.05 bits per heavy atom. The van der Waals surface area contributed by atoms with Gasteiger partial charge in [0.2, 0.25) is 0 Å². The topological polar surface area (TPSA) is 31.9 Å². The highest BCUT2D eigenvalue weighted by Gasteiger charge is 1.99. The fourth-order valence-corrected chi connectivity index (χ4v) is 2.18. The lowest BCUT2D eigenvalue weighted by molar-refractivity contribution is 1.13. The molecular weight excluding hydrogens is 258 g/mol. The van der Waals surface area contributed by atoms with Crippen molar-refractivity contribution < 1.29 is 0 Å². The maximum Gasteiger partial charge on any atom is 0.138 e. The van der Waals surface area contributed by atoms with E-state index in [2.05, 4.69) is 44.9 Å². The molecule has 0 radical (unpaired) electrons. The summed E-state index contributed by atoms with van der Waals surface area (Å²) in [6.07, 6.45) is 1.86. The normalized spacial score (nSPS) is 10.2. The van der Waals surface area contributed by atoms with Crippen LogP contribution in [0.2, 0.25) is 0 Å². The molecule has 2 heterocycles. The summed E-state index contributed by atoms with van der Waals surface area (Å²) in [5, 5.41) is 1.10. The van der Waals surface area contributed by atoms with Crippen molar-refractivity contribution in [2.45, 2.75) is 6.92 Å². The molecule has 3 heteroatoms. The molecule has 3 nitrogen and oxygen atoms in total. The van der Waals surface area contributed by atoms with Crippen molar-refractivity contribution in [2.75, 3.05) is 19.0 Å². The molecule has 3 rings (SSSR count). The molecule has 3 aromatic rings. The molecule has 0 unspecified atom stereocenters. The van der Waals surface area contributed by atoms with E-state index in [1.807, 2.05) is 45.4 Å². The largest absolute Gasteiger partial charge is 0.378 e. The van der Waals surface area contributed by atoms with Crippen LogP contribution < -0.4 is 4.90 Å². The van der Waals surface area contributed by atoms with Gasteiger partial charge in [-0.2, -0.15) is 0 Å². The lowest BCUT2D eigenvalue weighted by atomic mass is 10.2. The van der Waals surface area contributed by atoms with Gasteiger partial charge in [0.25, 0.3) is 0 Å². The zero-order valence-corrected chi connectivity index (χ0v) is 12.4. The number of aryl methyl sites for hydroxylation is 1. The van der Waals surface area contributed by atoms with Gasteiger partial charge >= 0.3 is 0 Å². The summed E-state index contributed by atoms with van der Waals surface area (Å²) >= 11 is 0. The first kappa shape index (κ1) is 13.3. The quantitative estimate of drug-likeness (QED) is 0.691. The van der Waals surface area contributed by atoms with Crippen molar-refractivity contribution in [3.63, 3.8) is 0 Å². The number of hydrogen-bond donors (Lipinski definition) is 1. The molecule has 1 N–H and O–H groups in total. The molecule has 0 saturated heterocycles. The standard InChI is InChI=1S/C18H17N3/c1-13-10-15-11-16(20-18(15)19-12-13)7-4-14-5-8-17(9-6-14)21(2)3/h5-6,8-12H,1-3H3,(H,19,20). The molecule has 0 aliphatic carbocycles. The summed E-state index contributed by atoms with van der Waals surface area (Å²) < 4.78 is 0. The number of aromatic amines is 1. The van der Waals surface area contributed by atoms with E-state index in [1.165, 1.54) is 5.69 Å². The Balaban J connectivity index is 1.88. The van der Waals surface area contributed by atoms with Crippen LogP contribution in [0.5, 0.6) is 0 Å². The predicted molar refractivity (Wildman–Crippen MR) is 87.6 cm³/mol. The van der Waals surface area contributed by atoms with Crippen LogP contribution in [-0.2, 0) is 0 Å². The van der Waals surface area contributed by atoms with E-state index >= 15 is 0 Å². The molecule has 21 heavy (non-hydrogen) atoms. The molecule has 0 spiro atoms. The van der Waals surface area contributed by atoms with Crippen LogP contribution in [0.3, 0.4) is 0 Å². The van der Waals surface area contributed by atoms with E-state index in [0.29, 0.717) is 0 Å². The third-order valence-corrected chi connectivity index (χ3v) is 3.33. The minimum absolute atomic E-state index is 0.882. The van der Waals surface area contributed by atoms with Crippen molar-refractivity contribution in [2.24, 2.45) is 0 Å². The zero-order valence-electron chi connectivity index (χ0n) is 12.4. The fourth-order valence-electron chi connectivity index (χ4n) is 2.18. The number of anilines is 1. The maximum absolute atomic E-state index is 4.36. The van der Waals surface area contributed by atoms with Gasteiger partial charge in [0, 0.05) is 36.9 Å². The van der Waals surface area contributed by atoms with Crippen molar-refractivity contribution in [1.82, 2.24) is 9.97 Å². The van der Waals surface area contributed by atoms with Crippen LogP contribution in [0, 0.1) is 18.8 Å². The Morgan fingerprint density at radius 3 is 2.52 bits per heavy atom. The molecule has 104 valence electrons. The SMILES string of the molecule is Cc1cnc2[nH]c(C#Cc3ccc(N(C)C)cc3)cc2c1. The van der Waals surface area contributed by atoms with E-state index in [-0.39, 0.29) is 0 Å². The number of rotatable bonds is 1. The van der Waals surface area contributed by atoms with Gasteiger partial charge in [0.1, 0.15) is 5.65 Å². The highest BCUT2D eigenvalue weighted by atomic mass is 15.1. The summed E-state index contributed by atoms with van der Waals surface area (Å²) in [7, 11) is 4.06. The number of fused-ring (bicyclic) bond motifs is 1. The second-order valence-corrected chi connectivity index (χ2v) is 5.32. The van der Waals surface area contributed by atoms with Gasteiger partial charge in [0.05, 0.1) is 5.69 Å². The molecule has 0 amide bonds. The molecular formula is C18H17N3. The van der Waals surface area contributed by atoms with Crippen molar-refractivity contribution in [3.8, 4) is 11.8 Å². The van der Waals surface area contributed by atoms with E-state index in [4.69, 9.17) is 0 Å².